The minimum Gasteiger partial charge on any atom is -0.477 e. The predicted molar refractivity (Wildman–Crippen MR) is 41.0 cm³/mol. The van der Waals surface area contributed by atoms with Crippen molar-refractivity contribution in [3.63, 3.8) is 0 Å². The highest BCUT2D eigenvalue weighted by atomic mass is 16.4. The van der Waals surface area contributed by atoms with Crippen LogP contribution in [0.2, 0.25) is 0 Å². The first-order chi connectivity index (χ1) is 5.11. The van der Waals surface area contributed by atoms with Crippen LogP contribution in [0, 0.1) is 0 Å². The van der Waals surface area contributed by atoms with E-state index in [1.165, 1.54) is 12.3 Å². The lowest BCUT2D eigenvalue weighted by Gasteiger charge is -1.99. The molecular formula is C6H5BN2O2. The second-order valence-corrected chi connectivity index (χ2v) is 2.00. The SMILES string of the molecule is [B]c1cc(C(=O)O)ncc1N. The molecule has 0 atom stereocenters. The summed E-state index contributed by atoms with van der Waals surface area (Å²) in [5.74, 6) is -1.11. The summed E-state index contributed by atoms with van der Waals surface area (Å²) in [6.07, 6.45) is 1.22. The summed E-state index contributed by atoms with van der Waals surface area (Å²) in [6, 6.07) is 1.22. The van der Waals surface area contributed by atoms with E-state index in [0.29, 0.717) is 0 Å². The van der Waals surface area contributed by atoms with Crippen molar-refractivity contribution in [2.24, 2.45) is 0 Å². The third kappa shape index (κ3) is 1.49. The fourth-order valence-electron chi connectivity index (χ4n) is 0.598. The predicted octanol–water partition coefficient (Wildman–Crippen LogP) is -0.844. The maximum Gasteiger partial charge on any atom is 0.354 e. The van der Waals surface area contributed by atoms with Crippen molar-refractivity contribution in [2.75, 3.05) is 5.73 Å². The molecule has 1 aromatic rings. The molecule has 0 unspecified atom stereocenters. The van der Waals surface area contributed by atoms with Crippen LogP contribution in [-0.2, 0) is 0 Å². The Balaban J connectivity index is 3.15. The number of carbonyl (C=O) groups is 1. The number of aromatic nitrogens is 1. The Morgan fingerprint density at radius 3 is 2.82 bits per heavy atom. The number of aromatic carboxylic acids is 1. The van der Waals surface area contributed by atoms with E-state index in [1.54, 1.807) is 0 Å². The standard InChI is InChI=1S/C6H5BN2O2/c7-3-1-5(6(10)11)9-2-4(3)8/h1-2H,8H2,(H,10,11). The highest BCUT2D eigenvalue weighted by Crippen LogP contribution is 1.96. The summed E-state index contributed by atoms with van der Waals surface area (Å²) in [5, 5.41) is 8.44. The van der Waals surface area contributed by atoms with Crippen molar-refractivity contribution >= 4 is 25.0 Å². The molecule has 0 aliphatic heterocycles. The Morgan fingerprint density at radius 1 is 1.73 bits per heavy atom. The first-order valence-corrected chi connectivity index (χ1v) is 2.85. The Hall–Kier alpha value is -1.52. The molecule has 1 heterocycles. The van der Waals surface area contributed by atoms with Crippen LogP contribution in [-0.4, -0.2) is 23.9 Å². The number of carboxylic acid groups (broad SMARTS) is 1. The summed E-state index contributed by atoms with van der Waals surface area (Å²) in [6.45, 7) is 0. The highest BCUT2D eigenvalue weighted by molar-refractivity contribution is 6.35. The molecule has 0 fully saturated rings. The molecule has 0 aromatic carbocycles. The van der Waals surface area contributed by atoms with Gasteiger partial charge < -0.3 is 10.8 Å². The number of nitrogens with zero attached hydrogens (tertiary/aromatic N) is 1. The minimum absolute atomic E-state index is 0.100. The summed E-state index contributed by atoms with van der Waals surface area (Å²) >= 11 is 0. The van der Waals surface area contributed by atoms with E-state index < -0.39 is 5.97 Å². The molecule has 0 amide bonds. The van der Waals surface area contributed by atoms with Crippen molar-refractivity contribution < 1.29 is 9.90 Å². The van der Waals surface area contributed by atoms with Gasteiger partial charge in [0.2, 0.25) is 0 Å². The molecule has 1 rings (SSSR count). The van der Waals surface area contributed by atoms with Gasteiger partial charge in [-0.05, 0) is 6.07 Å². The number of pyridine rings is 1. The highest BCUT2D eigenvalue weighted by Gasteiger charge is 2.04. The number of carboxylic acids is 1. The van der Waals surface area contributed by atoms with Gasteiger partial charge in [0.05, 0.1) is 6.20 Å². The van der Waals surface area contributed by atoms with E-state index in [4.69, 9.17) is 18.7 Å². The molecule has 5 heteroatoms. The van der Waals surface area contributed by atoms with E-state index in [-0.39, 0.29) is 16.8 Å². The quantitative estimate of drug-likeness (QED) is 0.508. The van der Waals surface area contributed by atoms with Gasteiger partial charge in [-0.2, -0.15) is 0 Å². The maximum atomic E-state index is 10.3. The fraction of sp³-hybridized carbons (Fsp3) is 0. The third-order valence-electron chi connectivity index (χ3n) is 1.19. The number of hydrogen-bond donors (Lipinski definition) is 2. The van der Waals surface area contributed by atoms with Gasteiger partial charge in [-0.15, -0.1) is 0 Å². The van der Waals surface area contributed by atoms with Gasteiger partial charge in [-0.3, -0.25) is 0 Å². The number of nitrogen functional groups attached to an aromatic ring is 1. The van der Waals surface area contributed by atoms with Gasteiger partial charge in [0, 0.05) is 5.69 Å². The number of nitrogens with two attached hydrogens (primary N) is 1. The van der Waals surface area contributed by atoms with Crippen LogP contribution < -0.4 is 11.2 Å². The van der Waals surface area contributed by atoms with Crippen LogP contribution in [0.15, 0.2) is 12.3 Å². The normalized spacial score (nSPS) is 9.45. The van der Waals surface area contributed by atoms with Crippen molar-refractivity contribution in [3.05, 3.63) is 18.0 Å². The number of anilines is 1. The summed E-state index contributed by atoms with van der Waals surface area (Å²) in [4.78, 5) is 13.8. The van der Waals surface area contributed by atoms with Crippen LogP contribution in [0.1, 0.15) is 10.5 Å². The topological polar surface area (TPSA) is 76.2 Å². The summed E-state index contributed by atoms with van der Waals surface area (Å²) in [5.41, 5.74) is 5.73. The Kier molecular flexibility index (Phi) is 1.80. The second kappa shape index (κ2) is 2.61. The Labute approximate surface area is 64.5 Å². The summed E-state index contributed by atoms with van der Waals surface area (Å²) in [7, 11) is 5.33. The Bertz CT molecular complexity index is 301. The van der Waals surface area contributed by atoms with E-state index in [9.17, 15) is 4.79 Å². The first-order valence-electron chi connectivity index (χ1n) is 2.85. The van der Waals surface area contributed by atoms with E-state index in [1.807, 2.05) is 0 Å². The molecular weight excluding hydrogens is 143 g/mol. The van der Waals surface area contributed by atoms with Gasteiger partial charge >= 0.3 is 5.97 Å². The van der Waals surface area contributed by atoms with Crippen LogP contribution >= 0.6 is 0 Å². The zero-order chi connectivity index (χ0) is 8.43. The molecule has 2 radical (unpaired) electrons. The number of rotatable bonds is 1. The zero-order valence-electron chi connectivity index (χ0n) is 5.61. The molecule has 0 saturated carbocycles. The average molecular weight is 148 g/mol. The molecule has 11 heavy (non-hydrogen) atoms. The van der Waals surface area contributed by atoms with Crippen LogP contribution in [0.4, 0.5) is 5.69 Å². The average Bonchev–Trinajstić information content (AvgIpc) is 1.94. The van der Waals surface area contributed by atoms with Gasteiger partial charge in [0.1, 0.15) is 13.5 Å². The molecule has 4 nitrogen and oxygen atoms in total. The van der Waals surface area contributed by atoms with Crippen LogP contribution in [0.3, 0.4) is 0 Å². The molecule has 0 aliphatic carbocycles. The molecule has 0 saturated heterocycles. The fourth-order valence-corrected chi connectivity index (χ4v) is 0.598. The largest absolute Gasteiger partial charge is 0.477 e. The van der Waals surface area contributed by atoms with Gasteiger partial charge in [0.15, 0.2) is 0 Å². The van der Waals surface area contributed by atoms with Crippen molar-refractivity contribution in [2.45, 2.75) is 0 Å². The monoisotopic (exact) mass is 148 g/mol. The summed E-state index contributed by atoms with van der Waals surface area (Å²) < 4.78 is 0. The van der Waals surface area contributed by atoms with E-state index >= 15 is 0 Å². The number of hydrogen-bond acceptors (Lipinski definition) is 3. The van der Waals surface area contributed by atoms with Crippen molar-refractivity contribution in [3.8, 4) is 0 Å². The minimum atomic E-state index is -1.11. The molecule has 0 bridgehead atoms. The van der Waals surface area contributed by atoms with Crippen LogP contribution in [0.25, 0.3) is 0 Å². The lowest BCUT2D eigenvalue weighted by molar-refractivity contribution is 0.0690. The zero-order valence-corrected chi connectivity index (χ0v) is 5.61. The maximum absolute atomic E-state index is 10.3. The second-order valence-electron chi connectivity index (χ2n) is 2.00. The molecule has 54 valence electrons. The lowest BCUT2D eigenvalue weighted by Crippen LogP contribution is -2.14. The molecule has 0 spiro atoms. The van der Waals surface area contributed by atoms with E-state index in [0.717, 1.165) is 0 Å². The van der Waals surface area contributed by atoms with Gasteiger partial charge in [-0.25, -0.2) is 9.78 Å². The van der Waals surface area contributed by atoms with Crippen LogP contribution in [0.5, 0.6) is 0 Å². The van der Waals surface area contributed by atoms with Crippen molar-refractivity contribution in [1.82, 2.24) is 4.98 Å². The van der Waals surface area contributed by atoms with Gasteiger partial charge in [-0.1, -0.05) is 5.46 Å². The van der Waals surface area contributed by atoms with E-state index in [2.05, 4.69) is 4.98 Å². The Morgan fingerprint density at radius 2 is 2.36 bits per heavy atom. The first kappa shape index (κ1) is 7.59. The molecule has 1 aromatic heterocycles. The third-order valence-corrected chi connectivity index (χ3v) is 1.19. The van der Waals surface area contributed by atoms with Crippen molar-refractivity contribution in [1.29, 1.82) is 0 Å². The smallest absolute Gasteiger partial charge is 0.354 e. The molecule has 3 N–H and O–H groups in total. The molecule has 0 aliphatic rings. The van der Waals surface area contributed by atoms with Gasteiger partial charge in [0.25, 0.3) is 0 Å². The lowest BCUT2D eigenvalue weighted by atomic mass is 9.95.